The highest BCUT2D eigenvalue weighted by atomic mass is 15.3. The zero-order valence-electron chi connectivity index (χ0n) is 14.7. The van der Waals surface area contributed by atoms with Crippen molar-refractivity contribution >= 4 is 5.96 Å². The molecular formula is C18H28N6. The van der Waals surface area contributed by atoms with E-state index < -0.39 is 0 Å². The first-order valence-electron chi connectivity index (χ1n) is 8.81. The summed E-state index contributed by atoms with van der Waals surface area (Å²) in [7, 11) is 0. The average molecular weight is 328 g/mol. The number of guanidine groups is 1. The van der Waals surface area contributed by atoms with E-state index in [1.54, 1.807) is 6.33 Å². The van der Waals surface area contributed by atoms with Crippen molar-refractivity contribution in [2.24, 2.45) is 4.99 Å². The minimum atomic E-state index is 0.485. The first-order chi connectivity index (χ1) is 11.8. The van der Waals surface area contributed by atoms with Crippen LogP contribution < -0.4 is 10.6 Å². The maximum Gasteiger partial charge on any atom is 0.191 e. The van der Waals surface area contributed by atoms with Crippen molar-refractivity contribution in [2.75, 3.05) is 13.1 Å². The third-order valence-corrected chi connectivity index (χ3v) is 3.70. The number of hydrogen-bond donors (Lipinski definition) is 2. The predicted molar refractivity (Wildman–Crippen MR) is 98.3 cm³/mol. The fourth-order valence-corrected chi connectivity index (χ4v) is 2.42. The first-order valence-corrected chi connectivity index (χ1v) is 8.81. The summed E-state index contributed by atoms with van der Waals surface area (Å²) in [6, 6.07) is 10.1. The fourth-order valence-electron chi connectivity index (χ4n) is 2.42. The Morgan fingerprint density at radius 2 is 1.92 bits per heavy atom. The number of benzene rings is 1. The lowest BCUT2D eigenvalue weighted by atomic mass is 10.2. The Hall–Kier alpha value is -2.37. The predicted octanol–water partition coefficient (Wildman–Crippen LogP) is 2.90. The van der Waals surface area contributed by atoms with Crippen LogP contribution in [0.15, 0.2) is 41.7 Å². The van der Waals surface area contributed by atoms with E-state index in [1.165, 1.54) is 25.7 Å². The molecule has 0 radical (unpaired) electrons. The maximum atomic E-state index is 4.63. The van der Waals surface area contributed by atoms with E-state index in [0.717, 1.165) is 30.6 Å². The van der Waals surface area contributed by atoms with Gasteiger partial charge in [-0.05, 0) is 25.5 Å². The third kappa shape index (κ3) is 5.68. The molecule has 0 aliphatic rings. The molecule has 2 rings (SSSR count). The summed E-state index contributed by atoms with van der Waals surface area (Å²) < 4.78 is 1.97. The summed E-state index contributed by atoms with van der Waals surface area (Å²) in [5, 5.41) is 14.9. The van der Waals surface area contributed by atoms with Gasteiger partial charge in [-0.15, -0.1) is 10.2 Å². The quantitative estimate of drug-likeness (QED) is 0.422. The molecule has 130 valence electrons. The highest BCUT2D eigenvalue weighted by Gasteiger charge is 2.06. The van der Waals surface area contributed by atoms with Gasteiger partial charge in [-0.2, -0.15) is 0 Å². The smallest absolute Gasteiger partial charge is 0.191 e. The lowest BCUT2D eigenvalue weighted by Crippen LogP contribution is -2.37. The van der Waals surface area contributed by atoms with Gasteiger partial charge in [0.1, 0.15) is 12.9 Å². The van der Waals surface area contributed by atoms with E-state index in [0.29, 0.717) is 6.54 Å². The SMILES string of the molecule is CCCCCCNC(=NCc1nncn1-c1ccccc1)NCC. The van der Waals surface area contributed by atoms with Crippen molar-refractivity contribution < 1.29 is 0 Å². The number of nitrogens with zero attached hydrogens (tertiary/aromatic N) is 4. The van der Waals surface area contributed by atoms with Gasteiger partial charge in [0, 0.05) is 18.8 Å². The molecule has 0 atom stereocenters. The Kier molecular flexibility index (Phi) is 7.80. The molecule has 0 fully saturated rings. The Morgan fingerprint density at radius 3 is 2.67 bits per heavy atom. The number of hydrogen-bond acceptors (Lipinski definition) is 3. The Morgan fingerprint density at radius 1 is 1.08 bits per heavy atom. The lowest BCUT2D eigenvalue weighted by molar-refractivity contribution is 0.646. The van der Waals surface area contributed by atoms with Crippen LogP contribution in [0.2, 0.25) is 0 Å². The van der Waals surface area contributed by atoms with Crippen molar-refractivity contribution in [3.05, 3.63) is 42.5 Å². The zero-order chi connectivity index (χ0) is 17.0. The Labute approximate surface area is 144 Å². The van der Waals surface area contributed by atoms with E-state index in [9.17, 15) is 0 Å². The van der Waals surface area contributed by atoms with Gasteiger partial charge in [0.2, 0.25) is 0 Å². The van der Waals surface area contributed by atoms with E-state index in [-0.39, 0.29) is 0 Å². The summed E-state index contributed by atoms with van der Waals surface area (Å²) in [6.07, 6.45) is 6.69. The summed E-state index contributed by atoms with van der Waals surface area (Å²) in [4.78, 5) is 4.63. The molecule has 6 nitrogen and oxygen atoms in total. The molecule has 0 saturated heterocycles. The number of aromatic nitrogens is 3. The molecule has 2 N–H and O–H groups in total. The Balaban J connectivity index is 1.95. The number of rotatable bonds is 9. The average Bonchev–Trinajstić information content (AvgIpc) is 3.08. The number of unbranched alkanes of at least 4 members (excludes halogenated alkanes) is 3. The van der Waals surface area contributed by atoms with E-state index in [1.807, 2.05) is 34.9 Å². The summed E-state index contributed by atoms with van der Waals surface area (Å²) in [5.41, 5.74) is 1.05. The van der Waals surface area contributed by atoms with Crippen LogP contribution in [0.3, 0.4) is 0 Å². The minimum absolute atomic E-state index is 0.485. The van der Waals surface area contributed by atoms with Crippen LogP contribution in [0.5, 0.6) is 0 Å². The van der Waals surface area contributed by atoms with Crippen LogP contribution >= 0.6 is 0 Å². The van der Waals surface area contributed by atoms with Crippen molar-refractivity contribution in [2.45, 2.75) is 46.1 Å². The second-order valence-corrected chi connectivity index (χ2v) is 5.64. The van der Waals surface area contributed by atoms with Crippen molar-refractivity contribution in [3.8, 4) is 5.69 Å². The van der Waals surface area contributed by atoms with Crippen LogP contribution in [0.1, 0.15) is 45.4 Å². The van der Waals surface area contributed by atoms with Crippen LogP contribution in [-0.4, -0.2) is 33.8 Å². The minimum Gasteiger partial charge on any atom is -0.357 e. The van der Waals surface area contributed by atoms with Gasteiger partial charge in [-0.3, -0.25) is 4.57 Å². The second-order valence-electron chi connectivity index (χ2n) is 5.64. The highest BCUT2D eigenvalue weighted by molar-refractivity contribution is 5.79. The molecule has 24 heavy (non-hydrogen) atoms. The molecular weight excluding hydrogens is 300 g/mol. The molecule has 0 aliphatic heterocycles. The number of aliphatic imine (C=N–C) groups is 1. The molecule has 2 aromatic rings. The largest absolute Gasteiger partial charge is 0.357 e. The van der Waals surface area contributed by atoms with Gasteiger partial charge in [0.05, 0.1) is 0 Å². The third-order valence-electron chi connectivity index (χ3n) is 3.70. The summed E-state index contributed by atoms with van der Waals surface area (Å²) in [5.74, 6) is 1.65. The molecule has 1 aromatic heterocycles. The first kappa shape index (κ1) is 18.0. The molecule has 6 heteroatoms. The van der Waals surface area contributed by atoms with Crippen molar-refractivity contribution in [1.82, 2.24) is 25.4 Å². The van der Waals surface area contributed by atoms with E-state index in [2.05, 4.69) is 39.7 Å². The number of para-hydroxylation sites is 1. The molecule has 0 unspecified atom stereocenters. The van der Waals surface area contributed by atoms with Gasteiger partial charge in [-0.25, -0.2) is 4.99 Å². The van der Waals surface area contributed by atoms with Gasteiger partial charge < -0.3 is 10.6 Å². The summed E-state index contributed by atoms with van der Waals surface area (Å²) >= 11 is 0. The van der Waals surface area contributed by atoms with Gasteiger partial charge in [0.25, 0.3) is 0 Å². The Bertz CT molecular complexity index is 605. The van der Waals surface area contributed by atoms with Crippen LogP contribution in [0.4, 0.5) is 0 Å². The molecule has 0 bridgehead atoms. The fraction of sp³-hybridized carbons (Fsp3) is 0.500. The molecule has 0 spiro atoms. The van der Waals surface area contributed by atoms with E-state index >= 15 is 0 Å². The van der Waals surface area contributed by atoms with Gasteiger partial charge >= 0.3 is 0 Å². The van der Waals surface area contributed by atoms with Crippen LogP contribution in [0, 0.1) is 0 Å². The van der Waals surface area contributed by atoms with Crippen LogP contribution in [-0.2, 0) is 6.54 Å². The molecule has 0 amide bonds. The lowest BCUT2D eigenvalue weighted by Gasteiger charge is -2.11. The second kappa shape index (κ2) is 10.4. The van der Waals surface area contributed by atoms with Crippen molar-refractivity contribution in [1.29, 1.82) is 0 Å². The van der Waals surface area contributed by atoms with E-state index in [4.69, 9.17) is 0 Å². The summed E-state index contributed by atoms with van der Waals surface area (Å²) in [6.45, 7) is 6.56. The van der Waals surface area contributed by atoms with Gasteiger partial charge in [-0.1, -0.05) is 44.4 Å². The maximum absolute atomic E-state index is 4.63. The van der Waals surface area contributed by atoms with Crippen LogP contribution in [0.25, 0.3) is 5.69 Å². The molecule has 1 heterocycles. The topological polar surface area (TPSA) is 67.1 Å². The molecule has 0 saturated carbocycles. The highest BCUT2D eigenvalue weighted by Crippen LogP contribution is 2.09. The zero-order valence-corrected chi connectivity index (χ0v) is 14.7. The normalized spacial score (nSPS) is 11.5. The van der Waals surface area contributed by atoms with Crippen molar-refractivity contribution in [3.63, 3.8) is 0 Å². The monoisotopic (exact) mass is 328 g/mol. The molecule has 1 aromatic carbocycles. The number of nitrogens with one attached hydrogen (secondary N) is 2. The molecule has 0 aliphatic carbocycles. The standard InChI is InChI=1S/C18H28N6/c1-3-5-6-10-13-20-18(19-4-2)21-14-17-23-22-15-24(17)16-11-8-7-9-12-16/h7-9,11-12,15H,3-6,10,13-14H2,1-2H3,(H2,19,20,21). The van der Waals surface area contributed by atoms with Gasteiger partial charge in [0.15, 0.2) is 11.8 Å².